The molecule has 0 saturated heterocycles. The van der Waals surface area contributed by atoms with Crippen molar-refractivity contribution in [2.24, 2.45) is 0 Å². The molecule has 0 radical (unpaired) electrons. The van der Waals surface area contributed by atoms with E-state index in [1.165, 1.54) is 11.3 Å². The molecule has 2 rings (SSSR count). The number of ether oxygens (including phenoxy) is 3. The van der Waals surface area contributed by atoms with Crippen molar-refractivity contribution in [3.05, 3.63) is 39.0 Å². The average Bonchev–Trinajstić information content (AvgIpc) is 2.90. The van der Waals surface area contributed by atoms with E-state index in [2.05, 4.69) is 0 Å². The van der Waals surface area contributed by atoms with Crippen LogP contribution in [0.3, 0.4) is 0 Å². The molecule has 0 aliphatic heterocycles. The van der Waals surface area contributed by atoms with Gasteiger partial charge in [0.25, 0.3) is 0 Å². The number of alkyl halides is 1. The molecule has 108 valence electrons. The lowest BCUT2D eigenvalue weighted by Crippen LogP contribution is -2.01. The van der Waals surface area contributed by atoms with Crippen LogP contribution in [0.1, 0.15) is 15.8 Å². The molecule has 0 fully saturated rings. The van der Waals surface area contributed by atoms with E-state index in [4.69, 9.17) is 37.4 Å². The predicted octanol–water partition coefficient (Wildman–Crippen LogP) is 4.76. The smallest absolute Gasteiger partial charge is 0.203 e. The van der Waals surface area contributed by atoms with Crippen LogP contribution >= 0.6 is 34.5 Å². The lowest BCUT2D eigenvalue weighted by Gasteiger charge is -2.18. The van der Waals surface area contributed by atoms with Gasteiger partial charge in [0.15, 0.2) is 11.5 Å². The maximum atomic E-state index is 6.54. The van der Waals surface area contributed by atoms with Crippen molar-refractivity contribution in [3.63, 3.8) is 0 Å². The first-order valence-electron chi connectivity index (χ1n) is 5.79. The summed E-state index contributed by atoms with van der Waals surface area (Å²) >= 11 is 14.2. The lowest BCUT2D eigenvalue weighted by atomic mass is 10.1. The zero-order valence-electron chi connectivity index (χ0n) is 11.3. The third kappa shape index (κ3) is 2.68. The maximum Gasteiger partial charge on any atom is 0.203 e. The van der Waals surface area contributed by atoms with E-state index in [0.717, 1.165) is 10.4 Å². The molecule has 2 aromatic rings. The zero-order valence-corrected chi connectivity index (χ0v) is 13.6. The van der Waals surface area contributed by atoms with Gasteiger partial charge in [-0.3, -0.25) is 0 Å². The summed E-state index contributed by atoms with van der Waals surface area (Å²) in [4.78, 5) is 0.874. The zero-order chi connectivity index (χ0) is 14.7. The molecule has 20 heavy (non-hydrogen) atoms. The fraction of sp³-hybridized carbons (Fsp3) is 0.286. The van der Waals surface area contributed by atoms with Gasteiger partial charge < -0.3 is 14.2 Å². The summed E-state index contributed by atoms with van der Waals surface area (Å²) in [7, 11) is 4.71. The topological polar surface area (TPSA) is 27.7 Å². The first-order chi connectivity index (χ1) is 9.63. The second kappa shape index (κ2) is 6.57. The van der Waals surface area contributed by atoms with Crippen molar-refractivity contribution in [2.45, 2.75) is 5.38 Å². The largest absolute Gasteiger partial charge is 0.493 e. The van der Waals surface area contributed by atoms with E-state index in [0.29, 0.717) is 22.3 Å². The van der Waals surface area contributed by atoms with Gasteiger partial charge in [0.1, 0.15) is 0 Å². The molecule has 0 amide bonds. The summed E-state index contributed by atoms with van der Waals surface area (Å²) in [5.74, 6) is 1.66. The molecular weight excluding hydrogens is 319 g/mol. The summed E-state index contributed by atoms with van der Waals surface area (Å²) in [6.45, 7) is 0. The van der Waals surface area contributed by atoms with Crippen LogP contribution in [-0.4, -0.2) is 21.3 Å². The summed E-state index contributed by atoms with van der Waals surface area (Å²) in [5, 5.41) is 2.14. The normalized spacial score (nSPS) is 12.1. The molecule has 0 N–H and O–H groups in total. The molecule has 0 spiro atoms. The minimum atomic E-state index is -0.405. The van der Waals surface area contributed by atoms with E-state index in [1.807, 2.05) is 17.5 Å². The maximum absolute atomic E-state index is 6.54. The first kappa shape index (κ1) is 15.3. The highest BCUT2D eigenvalue weighted by Gasteiger charge is 2.24. The fourth-order valence-corrected chi connectivity index (χ4v) is 3.61. The second-order valence-electron chi connectivity index (χ2n) is 3.92. The van der Waals surface area contributed by atoms with E-state index < -0.39 is 5.38 Å². The van der Waals surface area contributed by atoms with Crippen LogP contribution in [0.2, 0.25) is 5.02 Å². The van der Waals surface area contributed by atoms with Crippen molar-refractivity contribution in [3.8, 4) is 17.2 Å². The van der Waals surface area contributed by atoms with Gasteiger partial charge in [-0.2, -0.15) is 0 Å². The molecule has 1 atom stereocenters. The standard InChI is InChI=1S/C14H14Cl2O3S/c1-17-10-5-4-8(12(18-2)13(10)19-3)11(16)14-9(15)6-7-20-14/h4-7,11H,1-3H3. The lowest BCUT2D eigenvalue weighted by molar-refractivity contribution is 0.322. The Bertz CT molecular complexity index is 598. The van der Waals surface area contributed by atoms with Crippen LogP contribution in [0.4, 0.5) is 0 Å². The minimum absolute atomic E-state index is 0.405. The molecule has 1 unspecified atom stereocenters. The highest BCUT2D eigenvalue weighted by atomic mass is 35.5. The quantitative estimate of drug-likeness (QED) is 0.739. The number of hydrogen-bond acceptors (Lipinski definition) is 4. The van der Waals surface area contributed by atoms with Gasteiger partial charge in [-0.05, 0) is 23.6 Å². The summed E-state index contributed by atoms with van der Waals surface area (Å²) in [6, 6.07) is 5.48. The Hall–Kier alpha value is -1.10. The first-order valence-corrected chi connectivity index (χ1v) is 7.49. The van der Waals surface area contributed by atoms with Crippen LogP contribution in [0.25, 0.3) is 0 Å². The molecule has 0 aliphatic carbocycles. The van der Waals surface area contributed by atoms with Crippen LogP contribution in [-0.2, 0) is 0 Å². The molecule has 6 heteroatoms. The highest BCUT2D eigenvalue weighted by molar-refractivity contribution is 7.11. The Labute approximate surface area is 132 Å². The Kier molecular flexibility index (Phi) is 5.02. The third-order valence-corrected chi connectivity index (χ3v) is 4.89. The van der Waals surface area contributed by atoms with Crippen molar-refractivity contribution < 1.29 is 14.2 Å². The summed E-state index contributed by atoms with van der Waals surface area (Å²) in [6.07, 6.45) is 0. The van der Waals surface area contributed by atoms with E-state index in [9.17, 15) is 0 Å². The van der Waals surface area contributed by atoms with E-state index >= 15 is 0 Å². The molecule has 0 saturated carbocycles. The van der Waals surface area contributed by atoms with Gasteiger partial charge >= 0.3 is 0 Å². The fourth-order valence-electron chi connectivity index (χ4n) is 1.95. The van der Waals surface area contributed by atoms with Crippen molar-refractivity contribution >= 4 is 34.5 Å². The second-order valence-corrected chi connectivity index (χ2v) is 5.71. The predicted molar refractivity (Wildman–Crippen MR) is 83.1 cm³/mol. The number of methoxy groups -OCH3 is 3. The summed E-state index contributed by atoms with van der Waals surface area (Å²) in [5.41, 5.74) is 0.788. The van der Waals surface area contributed by atoms with E-state index in [1.54, 1.807) is 27.4 Å². The van der Waals surface area contributed by atoms with Gasteiger partial charge in [-0.15, -0.1) is 22.9 Å². The minimum Gasteiger partial charge on any atom is -0.493 e. The van der Waals surface area contributed by atoms with Crippen LogP contribution in [0, 0.1) is 0 Å². The van der Waals surface area contributed by atoms with Crippen molar-refractivity contribution in [1.82, 2.24) is 0 Å². The van der Waals surface area contributed by atoms with Gasteiger partial charge in [-0.25, -0.2) is 0 Å². The highest BCUT2D eigenvalue weighted by Crippen LogP contribution is 2.47. The average molecular weight is 333 g/mol. The Balaban J connectivity index is 2.54. The molecular formula is C14H14Cl2O3S. The Morgan fingerprint density at radius 2 is 1.70 bits per heavy atom. The number of benzene rings is 1. The van der Waals surface area contributed by atoms with Gasteiger partial charge in [0.05, 0.1) is 31.7 Å². The van der Waals surface area contributed by atoms with Crippen molar-refractivity contribution in [2.75, 3.05) is 21.3 Å². The van der Waals surface area contributed by atoms with Gasteiger partial charge in [-0.1, -0.05) is 11.6 Å². The molecule has 0 bridgehead atoms. The Morgan fingerprint density at radius 3 is 2.20 bits per heavy atom. The molecule has 1 aromatic heterocycles. The number of hydrogen-bond donors (Lipinski definition) is 0. The SMILES string of the molecule is COc1ccc(C(Cl)c2sccc2Cl)c(OC)c1OC. The number of rotatable bonds is 5. The van der Waals surface area contributed by atoms with Crippen molar-refractivity contribution in [1.29, 1.82) is 0 Å². The van der Waals surface area contributed by atoms with E-state index in [-0.39, 0.29) is 0 Å². The van der Waals surface area contributed by atoms with Gasteiger partial charge in [0, 0.05) is 10.4 Å². The van der Waals surface area contributed by atoms with Crippen LogP contribution in [0.5, 0.6) is 17.2 Å². The molecule has 0 aliphatic rings. The monoisotopic (exact) mass is 332 g/mol. The molecule has 1 heterocycles. The Morgan fingerprint density at radius 1 is 1.00 bits per heavy atom. The number of thiophene rings is 1. The van der Waals surface area contributed by atoms with Crippen LogP contribution < -0.4 is 14.2 Å². The van der Waals surface area contributed by atoms with Crippen LogP contribution in [0.15, 0.2) is 23.6 Å². The van der Waals surface area contributed by atoms with Gasteiger partial charge in [0.2, 0.25) is 5.75 Å². The third-order valence-electron chi connectivity index (χ3n) is 2.88. The summed E-state index contributed by atoms with van der Waals surface area (Å²) < 4.78 is 16.1. The number of halogens is 2. The molecule has 3 nitrogen and oxygen atoms in total. The molecule has 1 aromatic carbocycles.